The van der Waals surface area contributed by atoms with Crippen molar-refractivity contribution in [2.24, 2.45) is 5.92 Å². The Balaban J connectivity index is 1.91. The number of aryl methyl sites for hydroxylation is 2. The molecule has 1 fully saturated rings. The van der Waals surface area contributed by atoms with Crippen molar-refractivity contribution in [1.82, 2.24) is 4.90 Å². The minimum atomic E-state index is -4.11. The highest BCUT2D eigenvalue weighted by Crippen LogP contribution is 2.34. The summed E-state index contributed by atoms with van der Waals surface area (Å²) in [7, 11) is 0. The molecule has 1 heterocycles. The first-order valence-electron chi connectivity index (χ1n) is 7.17. The molecule has 0 saturated carbocycles. The van der Waals surface area contributed by atoms with Crippen LogP contribution in [-0.2, 0) is 0 Å². The average molecular weight is 299 g/mol. The zero-order valence-corrected chi connectivity index (χ0v) is 12.3. The molecule has 0 spiro atoms. The predicted octanol–water partition coefficient (Wildman–Crippen LogP) is 3.76. The van der Waals surface area contributed by atoms with E-state index in [4.69, 9.17) is 0 Å². The summed E-state index contributed by atoms with van der Waals surface area (Å²) in [6.07, 6.45) is -3.93. The van der Waals surface area contributed by atoms with Crippen molar-refractivity contribution in [1.29, 1.82) is 0 Å². The van der Waals surface area contributed by atoms with Crippen molar-refractivity contribution in [2.75, 3.05) is 19.6 Å². The van der Waals surface area contributed by atoms with Gasteiger partial charge >= 0.3 is 6.18 Å². The van der Waals surface area contributed by atoms with Crippen LogP contribution in [0.15, 0.2) is 18.2 Å². The maximum absolute atomic E-state index is 12.6. The first kappa shape index (κ1) is 16.0. The molecule has 1 aliphatic heterocycles. The van der Waals surface area contributed by atoms with Gasteiger partial charge in [0.1, 0.15) is 0 Å². The number of carbonyl (C=O) groups is 1. The Morgan fingerprint density at radius 3 is 2.33 bits per heavy atom. The number of likely N-dealkylation sites (tertiary alicyclic amines) is 1. The second-order valence-electron chi connectivity index (χ2n) is 5.81. The summed E-state index contributed by atoms with van der Waals surface area (Å²) in [6.45, 7) is 4.79. The van der Waals surface area contributed by atoms with Gasteiger partial charge in [-0.25, -0.2) is 0 Å². The van der Waals surface area contributed by atoms with Gasteiger partial charge in [-0.15, -0.1) is 0 Å². The highest BCUT2D eigenvalue weighted by molar-refractivity contribution is 5.97. The molecule has 1 aliphatic rings. The van der Waals surface area contributed by atoms with E-state index < -0.39 is 12.1 Å². The topological polar surface area (TPSA) is 20.3 Å². The molecule has 1 aromatic carbocycles. The van der Waals surface area contributed by atoms with Crippen molar-refractivity contribution in [3.05, 3.63) is 34.9 Å². The summed E-state index contributed by atoms with van der Waals surface area (Å²) in [5, 5.41) is 0. The van der Waals surface area contributed by atoms with E-state index in [1.165, 1.54) is 0 Å². The molecule has 116 valence electrons. The Labute approximate surface area is 122 Å². The second-order valence-corrected chi connectivity index (χ2v) is 5.81. The van der Waals surface area contributed by atoms with Crippen LogP contribution in [0.1, 0.15) is 34.3 Å². The fourth-order valence-corrected chi connectivity index (χ4v) is 2.63. The molecule has 0 N–H and O–H groups in total. The maximum Gasteiger partial charge on any atom is 0.391 e. The van der Waals surface area contributed by atoms with Crippen LogP contribution >= 0.6 is 0 Å². The summed E-state index contributed by atoms with van der Waals surface area (Å²) in [5.41, 5.74) is 2.81. The van der Waals surface area contributed by atoms with Crippen LogP contribution in [-0.4, -0.2) is 36.5 Å². The van der Waals surface area contributed by atoms with E-state index in [0.717, 1.165) is 11.1 Å². The summed E-state index contributed by atoms with van der Waals surface area (Å²) in [6, 6.07) is 5.53. The smallest absolute Gasteiger partial charge is 0.296 e. The van der Waals surface area contributed by atoms with Gasteiger partial charge in [-0.2, -0.15) is 13.2 Å². The minimum Gasteiger partial charge on any atom is -0.296 e. The quantitative estimate of drug-likeness (QED) is 0.792. The number of alkyl halides is 3. The standard InChI is InChI=1S/C16H20F3NO/c1-11-3-4-13(9-12(11)2)15(21)10-20-7-5-14(6-8-20)16(17,18)19/h3-4,9,14H,5-8,10H2,1-2H3. The lowest BCUT2D eigenvalue weighted by atomic mass is 9.95. The van der Waals surface area contributed by atoms with E-state index in [9.17, 15) is 18.0 Å². The monoisotopic (exact) mass is 299 g/mol. The van der Waals surface area contributed by atoms with Crippen molar-refractivity contribution >= 4 is 5.78 Å². The lowest BCUT2D eigenvalue weighted by molar-refractivity contribution is -0.184. The van der Waals surface area contributed by atoms with Crippen LogP contribution in [0.5, 0.6) is 0 Å². The predicted molar refractivity (Wildman–Crippen MR) is 75.5 cm³/mol. The summed E-state index contributed by atoms with van der Waals surface area (Å²) >= 11 is 0. The van der Waals surface area contributed by atoms with Gasteiger partial charge in [0.15, 0.2) is 5.78 Å². The lowest BCUT2D eigenvalue weighted by Gasteiger charge is -2.32. The molecule has 0 amide bonds. The fraction of sp³-hybridized carbons (Fsp3) is 0.562. The third kappa shape index (κ3) is 4.06. The Kier molecular flexibility index (Phi) is 4.71. The summed E-state index contributed by atoms with van der Waals surface area (Å²) < 4.78 is 37.8. The van der Waals surface area contributed by atoms with Crippen LogP contribution in [0.3, 0.4) is 0 Å². The normalized spacial score (nSPS) is 18.0. The molecule has 21 heavy (non-hydrogen) atoms. The Hall–Kier alpha value is -1.36. The minimum absolute atomic E-state index is 0.0245. The zero-order valence-electron chi connectivity index (χ0n) is 12.3. The van der Waals surface area contributed by atoms with Gasteiger partial charge in [0.25, 0.3) is 0 Å². The Morgan fingerprint density at radius 2 is 1.81 bits per heavy atom. The number of halogens is 3. The average Bonchev–Trinajstić information content (AvgIpc) is 2.41. The lowest BCUT2D eigenvalue weighted by Crippen LogP contribution is -2.41. The molecule has 1 aromatic rings. The van der Waals surface area contributed by atoms with E-state index in [1.54, 1.807) is 6.07 Å². The van der Waals surface area contributed by atoms with E-state index >= 15 is 0 Å². The van der Waals surface area contributed by atoms with Gasteiger partial charge in [0.2, 0.25) is 0 Å². The number of piperidine rings is 1. The van der Waals surface area contributed by atoms with Gasteiger partial charge in [0, 0.05) is 5.56 Å². The molecule has 5 heteroatoms. The molecular formula is C16H20F3NO. The van der Waals surface area contributed by atoms with E-state index in [1.807, 2.05) is 30.9 Å². The van der Waals surface area contributed by atoms with Crippen molar-refractivity contribution in [3.8, 4) is 0 Å². The van der Waals surface area contributed by atoms with Crippen molar-refractivity contribution < 1.29 is 18.0 Å². The summed E-state index contributed by atoms with van der Waals surface area (Å²) in [5.74, 6) is -1.24. The van der Waals surface area contributed by atoms with Gasteiger partial charge in [-0.3, -0.25) is 9.69 Å². The van der Waals surface area contributed by atoms with Crippen LogP contribution in [0.25, 0.3) is 0 Å². The number of ketones is 1. The van der Waals surface area contributed by atoms with E-state index in [-0.39, 0.29) is 25.2 Å². The van der Waals surface area contributed by atoms with Gasteiger partial charge in [-0.05, 0) is 57.0 Å². The highest BCUT2D eigenvalue weighted by Gasteiger charge is 2.41. The number of benzene rings is 1. The number of rotatable bonds is 3. The van der Waals surface area contributed by atoms with Crippen LogP contribution < -0.4 is 0 Å². The highest BCUT2D eigenvalue weighted by atomic mass is 19.4. The van der Waals surface area contributed by atoms with Crippen LogP contribution in [0.4, 0.5) is 13.2 Å². The number of Topliss-reactive ketones (excluding diaryl/α,β-unsaturated/α-hetero) is 1. The Bertz CT molecular complexity index is 517. The summed E-state index contributed by atoms with van der Waals surface area (Å²) in [4.78, 5) is 14.0. The Morgan fingerprint density at radius 1 is 1.19 bits per heavy atom. The molecule has 0 aromatic heterocycles. The molecule has 0 atom stereocenters. The second kappa shape index (κ2) is 6.18. The molecular weight excluding hydrogens is 279 g/mol. The third-order valence-corrected chi connectivity index (χ3v) is 4.25. The number of hydrogen-bond donors (Lipinski definition) is 0. The van der Waals surface area contributed by atoms with Gasteiger partial charge in [0.05, 0.1) is 12.5 Å². The number of carbonyl (C=O) groups excluding carboxylic acids is 1. The zero-order chi connectivity index (χ0) is 15.6. The molecule has 0 bridgehead atoms. The molecule has 0 radical (unpaired) electrons. The third-order valence-electron chi connectivity index (χ3n) is 4.25. The fourth-order valence-electron chi connectivity index (χ4n) is 2.63. The van der Waals surface area contributed by atoms with Crippen LogP contribution in [0, 0.1) is 19.8 Å². The number of hydrogen-bond acceptors (Lipinski definition) is 2. The largest absolute Gasteiger partial charge is 0.391 e. The van der Waals surface area contributed by atoms with Crippen LogP contribution in [0.2, 0.25) is 0 Å². The molecule has 0 aliphatic carbocycles. The molecule has 2 rings (SSSR count). The number of nitrogens with zero attached hydrogens (tertiary/aromatic N) is 1. The van der Waals surface area contributed by atoms with E-state index in [0.29, 0.717) is 18.7 Å². The first-order chi connectivity index (χ1) is 9.77. The first-order valence-corrected chi connectivity index (χ1v) is 7.17. The molecule has 1 saturated heterocycles. The van der Waals surface area contributed by atoms with Crippen molar-refractivity contribution in [3.63, 3.8) is 0 Å². The van der Waals surface area contributed by atoms with E-state index in [2.05, 4.69) is 0 Å². The van der Waals surface area contributed by atoms with Crippen molar-refractivity contribution in [2.45, 2.75) is 32.9 Å². The molecule has 2 nitrogen and oxygen atoms in total. The van der Waals surface area contributed by atoms with Gasteiger partial charge < -0.3 is 0 Å². The van der Waals surface area contributed by atoms with Gasteiger partial charge in [-0.1, -0.05) is 12.1 Å². The molecule has 0 unspecified atom stereocenters. The maximum atomic E-state index is 12.6. The SMILES string of the molecule is Cc1ccc(C(=O)CN2CCC(C(F)(F)F)CC2)cc1C.